The topological polar surface area (TPSA) is 67.4 Å². The average Bonchev–Trinajstić information content (AvgIpc) is 2.80. The van der Waals surface area contributed by atoms with Crippen molar-refractivity contribution in [2.24, 2.45) is 0 Å². The van der Waals surface area contributed by atoms with Gasteiger partial charge in [0, 0.05) is 18.7 Å². The zero-order valence-corrected chi connectivity index (χ0v) is 13.3. The normalized spacial score (nSPS) is 22.7. The van der Waals surface area contributed by atoms with Crippen LogP contribution in [0.1, 0.15) is 24.5 Å². The van der Waals surface area contributed by atoms with E-state index in [9.17, 15) is 12.8 Å². The van der Waals surface area contributed by atoms with Gasteiger partial charge in [0.1, 0.15) is 5.82 Å². The van der Waals surface area contributed by atoms with Gasteiger partial charge in [-0.25, -0.2) is 17.5 Å². The van der Waals surface area contributed by atoms with Gasteiger partial charge in [0.15, 0.2) is 0 Å². The molecule has 1 aromatic rings. The van der Waals surface area contributed by atoms with Crippen molar-refractivity contribution < 1.29 is 17.5 Å². The zero-order valence-electron chi connectivity index (χ0n) is 12.4. The molecular weight excluding hydrogens is 295 g/mol. The predicted octanol–water partition coefficient (Wildman–Crippen LogP) is 1.31. The highest BCUT2D eigenvalue weighted by Gasteiger charge is 2.29. The first-order chi connectivity index (χ1) is 9.85. The summed E-state index contributed by atoms with van der Waals surface area (Å²) < 4.78 is 46.8. The van der Waals surface area contributed by atoms with Gasteiger partial charge >= 0.3 is 0 Å². The Morgan fingerprint density at radius 2 is 2.14 bits per heavy atom. The van der Waals surface area contributed by atoms with E-state index in [1.165, 1.54) is 12.1 Å². The van der Waals surface area contributed by atoms with E-state index in [0.29, 0.717) is 24.2 Å². The second-order valence-corrected chi connectivity index (χ2v) is 7.05. The Bertz CT molecular complexity index is 619. The molecule has 118 valence electrons. The summed E-state index contributed by atoms with van der Waals surface area (Å²) in [5.74, 6) is -0.374. The van der Waals surface area contributed by atoms with Crippen LogP contribution in [0.5, 0.6) is 0 Å². The Morgan fingerprint density at radius 1 is 1.43 bits per heavy atom. The number of aryl methyl sites for hydroxylation is 1. The van der Waals surface area contributed by atoms with Gasteiger partial charge in [-0.2, -0.15) is 0 Å². The lowest BCUT2D eigenvalue weighted by Crippen LogP contribution is -2.39. The molecule has 2 N–H and O–H groups in total. The lowest BCUT2D eigenvalue weighted by Gasteiger charge is -2.17. The van der Waals surface area contributed by atoms with Gasteiger partial charge in [-0.05, 0) is 45.0 Å². The second kappa shape index (κ2) is 6.39. The van der Waals surface area contributed by atoms with Gasteiger partial charge in [-0.1, -0.05) is 0 Å². The molecule has 2 unspecified atom stereocenters. The number of hydrogen-bond acceptors (Lipinski definition) is 4. The maximum atomic E-state index is 13.9. The van der Waals surface area contributed by atoms with Crippen molar-refractivity contribution in [2.45, 2.75) is 43.9 Å². The molecule has 2 rings (SSSR count). The summed E-state index contributed by atoms with van der Waals surface area (Å²) in [5.41, 5.74) is 0.660. The van der Waals surface area contributed by atoms with Gasteiger partial charge in [0.2, 0.25) is 10.0 Å². The van der Waals surface area contributed by atoms with Crippen LogP contribution in [0.15, 0.2) is 17.0 Å². The van der Waals surface area contributed by atoms with E-state index in [0.717, 1.165) is 0 Å². The fourth-order valence-corrected chi connectivity index (χ4v) is 3.91. The minimum atomic E-state index is -3.68. The molecule has 1 aromatic carbocycles. The summed E-state index contributed by atoms with van der Waals surface area (Å²) >= 11 is 0. The summed E-state index contributed by atoms with van der Waals surface area (Å²) in [7, 11) is -1.99. The second-order valence-electron chi connectivity index (χ2n) is 5.34. The zero-order chi connectivity index (χ0) is 15.6. The highest BCUT2D eigenvalue weighted by atomic mass is 32.2. The van der Waals surface area contributed by atoms with Gasteiger partial charge in [0.25, 0.3) is 0 Å². The van der Waals surface area contributed by atoms with Gasteiger partial charge in [-0.15, -0.1) is 0 Å². The van der Waals surface area contributed by atoms with Crippen molar-refractivity contribution in [3.63, 3.8) is 0 Å². The molecule has 5 nitrogen and oxygen atoms in total. The summed E-state index contributed by atoms with van der Waals surface area (Å²) in [5, 5.41) is 2.84. The summed E-state index contributed by atoms with van der Waals surface area (Å²) in [6.45, 7) is 4.22. The smallest absolute Gasteiger partial charge is 0.240 e. The average molecular weight is 316 g/mol. The number of nitrogens with one attached hydrogen (secondary N) is 2. The molecular formula is C14H21FN2O3S. The first-order valence-electron chi connectivity index (χ1n) is 6.92. The summed E-state index contributed by atoms with van der Waals surface area (Å²) in [6, 6.07) is 2.49. The first kappa shape index (κ1) is 16.4. The van der Waals surface area contributed by atoms with E-state index in [1.807, 2.05) is 6.92 Å². The molecule has 0 amide bonds. The molecule has 1 aliphatic rings. The van der Waals surface area contributed by atoms with Crippen LogP contribution in [0.25, 0.3) is 0 Å². The molecule has 1 saturated heterocycles. The highest BCUT2D eigenvalue weighted by Crippen LogP contribution is 2.21. The molecule has 21 heavy (non-hydrogen) atoms. The summed E-state index contributed by atoms with van der Waals surface area (Å²) in [4.78, 5) is 0.0887. The lowest BCUT2D eigenvalue weighted by atomic mass is 10.1. The maximum absolute atomic E-state index is 13.9. The molecule has 0 bridgehead atoms. The molecule has 0 aliphatic carbocycles. The number of rotatable bonds is 5. The first-order valence-corrected chi connectivity index (χ1v) is 8.41. The molecule has 0 spiro atoms. The van der Waals surface area contributed by atoms with E-state index in [4.69, 9.17) is 4.74 Å². The fraction of sp³-hybridized carbons (Fsp3) is 0.571. The molecule has 0 aromatic heterocycles. The Labute approximate surface area is 124 Å². The third kappa shape index (κ3) is 3.60. The molecule has 1 fully saturated rings. The minimum Gasteiger partial charge on any atom is -0.377 e. The van der Waals surface area contributed by atoms with Gasteiger partial charge < -0.3 is 10.1 Å². The van der Waals surface area contributed by atoms with Crippen LogP contribution in [0, 0.1) is 12.7 Å². The van der Waals surface area contributed by atoms with E-state index in [1.54, 1.807) is 14.0 Å². The van der Waals surface area contributed by atoms with Crippen LogP contribution >= 0.6 is 0 Å². The molecule has 2 atom stereocenters. The highest BCUT2D eigenvalue weighted by molar-refractivity contribution is 7.89. The van der Waals surface area contributed by atoms with Crippen LogP contribution in [0.3, 0.4) is 0 Å². The van der Waals surface area contributed by atoms with E-state index in [-0.39, 0.29) is 29.4 Å². The number of halogens is 1. The van der Waals surface area contributed by atoms with E-state index >= 15 is 0 Å². The van der Waals surface area contributed by atoms with Crippen LogP contribution in [0.2, 0.25) is 0 Å². The third-order valence-corrected chi connectivity index (χ3v) is 5.13. The van der Waals surface area contributed by atoms with E-state index < -0.39 is 10.0 Å². The molecule has 0 radical (unpaired) electrons. The van der Waals surface area contributed by atoms with Crippen LogP contribution in [0.4, 0.5) is 4.39 Å². The van der Waals surface area contributed by atoms with Gasteiger partial charge in [-0.3, -0.25) is 0 Å². The van der Waals surface area contributed by atoms with Crippen LogP contribution < -0.4 is 10.0 Å². The lowest BCUT2D eigenvalue weighted by molar-refractivity contribution is 0.117. The van der Waals surface area contributed by atoms with Crippen molar-refractivity contribution >= 4 is 10.0 Å². The Hall–Kier alpha value is -1.02. The molecule has 0 saturated carbocycles. The number of ether oxygens (including phenoxy) is 1. The SMILES string of the molecule is CNCc1cc(S(=O)(=O)NC2CCOC2C)cc(C)c1F. The Morgan fingerprint density at radius 3 is 2.71 bits per heavy atom. The van der Waals surface area contributed by atoms with Crippen molar-refractivity contribution in [1.82, 2.24) is 10.0 Å². The van der Waals surface area contributed by atoms with E-state index in [2.05, 4.69) is 10.0 Å². The van der Waals surface area contributed by atoms with Crippen LogP contribution in [-0.2, 0) is 21.3 Å². The van der Waals surface area contributed by atoms with Crippen molar-refractivity contribution in [2.75, 3.05) is 13.7 Å². The standard InChI is InChI=1S/C14H21FN2O3S/c1-9-6-12(7-11(8-16-3)14(9)15)21(18,19)17-13-4-5-20-10(13)2/h6-7,10,13,16-17H,4-5,8H2,1-3H3. The molecule has 1 aliphatic heterocycles. The van der Waals surface area contributed by atoms with Crippen molar-refractivity contribution in [1.29, 1.82) is 0 Å². The quantitative estimate of drug-likeness (QED) is 0.859. The minimum absolute atomic E-state index is 0.0887. The third-order valence-electron chi connectivity index (χ3n) is 3.66. The Balaban J connectivity index is 2.31. The monoisotopic (exact) mass is 316 g/mol. The van der Waals surface area contributed by atoms with Crippen molar-refractivity contribution in [3.8, 4) is 0 Å². The van der Waals surface area contributed by atoms with Crippen molar-refractivity contribution in [3.05, 3.63) is 29.1 Å². The van der Waals surface area contributed by atoms with Crippen LogP contribution in [-0.4, -0.2) is 34.2 Å². The molecule has 1 heterocycles. The Kier molecular flexibility index (Phi) is 4.98. The summed E-state index contributed by atoms with van der Waals surface area (Å²) in [6.07, 6.45) is 0.488. The largest absolute Gasteiger partial charge is 0.377 e. The predicted molar refractivity (Wildman–Crippen MR) is 78.0 cm³/mol. The fourth-order valence-electron chi connectivity index (χ4n) is 2.43. The van der Waals surface area contributed by atoms with Gasteiger partial charge in [0.05, 0.1) is 17.0 Å². The number of hydrogen-bond donors (Lipinski definition) is 2. The number of sulfonamides is 1. The molecule has 7 heteroatoms. The maximum Gasteiger partial charge on any atom is 0.240 e. The number of benzene rings is 1.